The molecule has 1 aromatic carbocycles. The van der Waals surface area contributed by atoms with Crippen LogP contribution in [0.3, 0.4) is 0 Å². The van der Waals surface area contributed by atoms with Crippen LogP contribution in [0.4, 0.5) is 0 Å². The maximum atomic E-state index is 12.3. The van der Waals surface area contributed by atoms with Crippen LogP contribution in [0.2, 0.25) is 0 Å². The number of carboxylic acid groups (broad SMARTS) is 1. The Morgan fingerprint density at radius 2 is 1.91 bits per heavy atom. The van der Waals surface area contributed by atoms with E-state index in [1.54, 1.807) is 18.2 Å². The predicted molar refractivity (Wildman–Crippen MR) is 76.9 cm³/mol. The standard InChI is InChI=1S/C16H15NO5/c18-14(19)10-17(11-6-7-11)16(20)13-8-9-15(22-13)21-12-4-2-1-3-5-12/h1-5,8-9,11H,6-7,10H2,(H,18,19). The summed E-state index contributed by atoms with van der Waals surface area (Å²) < 4.78 is 10.9. The zero-order chi connectivity index (χ0) is 15.5. The molecule has 0 spiro atoms. The van der Waals surface area contributed by atoms with Crippen LogP contribution in [0.1, 0.15) is 23.4 Å². The molecule has 1 heterocycles. The molecule has 1 aromatic heterocycles. The van der Waals surface area contributed by atoms with Crippen LogP contribution < -0.4 is 4.74 Å². The number of furan rings is 1. The summed E-state index contributed by atoms with van der Waals surface area (Å²) in [4.78, 5) is 24.5. The molecule has 6 heteroatoms. The topological polar surface area (TPSA) is 80.0 Å². The Balaban J connectivity index is 1.72. The molecular formula is C16H15NO5. The van der Waals surface area contributed by atoms with Crippen molar-refractivity contribution in [1.82, 2.24) is 4.90 Å². The van der Waals surface area contributed by atoms with Crippen molar-refractivity contribution >= 4 is 11.9 Å². The van der Waals surface area contributed by atoms with Crippen molar-refractivity contribution in [3.05, 3.63) is 48.2 Å². The average Bonchev–Trinajstić information content (AvgIpc) is 3.24. The summed E-state index contributed by atoms with van der Waals surface area (Å²) in [6.07, 6.45) is 1.65. The minimum Gasteiger partial charge on any atom is -0.480 e. The number of amides is 1. The fourth-order valence-electron chi connectivity index (χ4n) is 2.13. The number of carbonyl (C=O) groups excluding carboxylic acids is 1. The smallest absolute Gasteiger partial charge is 0.323 e. The first-order valence-corrected chi connectivity index (χ1v) is 6.99. The highest BCUT2D eigenvalue weighted by Gasteiger charge is 2.35. The largest absolute Gasteiger partial charge is 0.480 e. The molecule has 1 saturated carbocycles. The third-order valence-electron chi connectivity index (χ3n) is 3.31. The van der Waals surface area contributed by atoms with Gasteiger partial charge in [-0.25, -0.2) is 0 Å². The molecule has 1 N–H and O–H groups in total. The molecular weight excluding hydrogens is 286 g/mol. The molecule has 2 aromatic rings. The lowest BCUT2D eigenvalue weighted by atomic mass is 10.3. The molecule has 3 rings (SSSR count). The zero-order valence-electron chi connectivity index (χ0n) is 11.8. The number of benzene rings is 1. The zero-order valence-corrected chi connectivity index (χ0v) is 11.8. The van der Waals surface area contributed by atoms with Crippen LogP contribution in [0.25, 0.3) is 0 Å². The van der Waals surface area contributed by atoms with E-state index >= 15 is 0 Å². The average molecular weight is 301 g/mol. The summed E-state index contributed by atoms with van der Waals surface area (Å²) in [5.41, 5.74) is 0. The minimum absolute atomic E-state index is 0.00723. The van der Waals surface area contributed by atoms with Gasteiger partial charge in [0.1, 0.15) is 12.3 Å². The Kier molecular flexibility index (Phi) is 3.82. The molecule has 1 amide bonds. The molecule has 1 aliphatic carbocycles. The predicted octanol–water partition coefficient (Wildman–Crippen LogP) is 2.76. The monoisotopic (exact) mass is 301 g/mol. The normalized spacial score (nSPS) is 13.6. The van der Waals surface area contributed by atoms with Gasteiger partial charge in [-0.1, -0.05) is 18.2 Å². The van der Waals surface area contributed by atoms with E-state index in [1.807, 2.05) is 18.2 Å². The number of para-hydroxylation sites is 1. The molecule has 0 aliphatic heterocycles. The lowest BCUT2D eigenvalue weighted by Gasteiger charge is -2.18. The van der Waals surface area contributed by atoms with Gasteiger partial charge in [0.15, 0.2) is 5.76 Å². The molecule has 0 unspecified atom stereocenters. The maximum absolute atomic E-state index is 12.3. The van der Waals surface area contributed by atoms with E-state index in [0.717, 1.165) is 12.8 Å². The third kappa shape index (κ3) is 3.28. The number of carbonyl (C=O) groups is 2. The summed E-state index contributed by atoms with van der Waals surface area (Å²) in [6.45, 7) is -0.320. The molecule has 1 aliphatic rings. The highest BCUT2D eigenvalue weighted by Crippen LogP contribution is 2.30. The Morgan fingerprint density at radius 1 is 1.18 bits per heavy atom. The molecule has 22 heavy (non-hydrogen) atoms. The van der Waals surface area contributed by atoms with Crippen molar-refractivity contribution in [2.75, 3.05) is 6.54 Å². The number of ether oxygens (including phenoxy) is 1. The number of carboxylic acids is 1. The Hall–Kier alpha value is -2.76. The van der Waals surface area contributed by atoms with Crippen LogP contribution in [0.15, 0.2) is 46.9 Å². The first kappa shape index (κ1) is 14.2. The quantitative estimate of drug-likeness (QED) is 0.887. The summed E-state index contributed by atoms with van der Waals surface area (Å²) in [5, 5.41) is 8.91. The van der Waals surface area contributed by atoms with E-state index in [0.29, 0.717) is 5.75 Å². The molecule has 0 bridgehead atoms. The van der Waals surface area contributed by atoms with Gasteiger partial charge in [-0.3, -0.25) is 9.59 Å². The van der Waals surface area contributed by atoms with E-state index in [2.05, 4.69) is 0 Å². The van der Waals surface area contributed by atoms with E-state index in [-0.39, 0.29) is 24.3 Å². The maximum Gasteiger partial charge on any atom is 0.323 e. The van der Waals surface area contributed by atoms with E-state index in [1.165, 1.54) is 11.0 Å². The summed E-state index contributed by atoms with van der Waals surface area (Å²) in [6, 6.07) is 12.1. The highest BCUT2D eigenvalue weighted by atomic mass is 16.6. The van der Waals surface area contributed by atoms with Crippen molar-refractivity contribution in [3.63, 3.8) is 0 Å². The number of nitrogens with zero attached hydrogens (tertiary/aromatic N) is 1. The van der Waals surface area contributed by atoms with E-state index in [9.17, 15) is 9.59 Å². The Morgan fingerprint density at radius 3 is 2.55 bits per heavy atom. The van der Waals surface area contributed by atoms with Gasteiger partial charge in [-0.05, 0) is 31.0 Å². The SMILES string of the molecule is O=C(O)CN(C(=O)c1ccc(Oc2ccccc2)o1)C1CC1. The van der Waals surface area contributed by atoms with E-state index < -0.39 is 11.9 Å². The second kappa shape index (κ2) is 5.93. The second-order valence-corrected chi connectivity index (χ2v) is 5.09. The van der Waals surface area contributed by atoms with Crippen molar-refractivity contribution < 1.29 is 23.8 Å². The summed E-state index contributed by atoms with van der Waals surface area (Å²) in [5.74, 6) is -0.583. The molecule has 0 radical (unpaired) electrons. The van der Waals surface area contributed by atoms with E-state index in [4.69, 9.17) is 14.3 Å². The van der Waals surface area contributed by atoms with Crippen LogP contribution in [0.5, 0.6) is 11.7 Å². The van der Waals surface area contributed by atoms with Gasteiger partial charge in [0.2, 0.25) is 0 Å². The number of rotatable bonds is 6. The molecule has 114 valence electrons. The van der Waals surface area contributed by atoms with Crippen LogP contribution in [-0.2, 0) is 4.79 Å². The summed E-state index contributed by atoms with van der Waals surface area (Å²) in [7, 11) is 0. The number of hydrogen-bond acceptors (Lipinski definition) is 4. The van der Waals surface area contributed by atoms with Gasteiger partial charge in [0.25, 0.3) is 11.9 Å². The van der Waals surface area contributed by atoms with Crippen LogP contribution >= 0.6 is 0 Å². The van der Waals surface area contributed by atoms with Gasteiger partial charge < -0.3 is 19.2 Å². The Labute approximate surface area is 126 Å². The fraction of sp³-hybridized carbons (Fsp3) is 0.250. The first-order chi connectivity index (χ1) is 10.6. The second-order valence-electron chi connectivity index (χ2n) is 5.09. The fourth-order valence-corrected chi connectivity index (χ4v) is 2.13. The van der Waals surface area contributed by atoms with Gasteiger partial charge >= 0.3 is 5.97 Å². The van der Waals surface area contributed by atoms with Crippen molar-refractivity contribution in [2.45, 2.75) is 18.9 Å². The number of hydrogen-bond donors (Lipinski definition) is 1. The van der Waals surface area contributed by atoms with Crippen molar-refractivity contribution in [3.8, 4) is 11.7 Å². The molecule has 6 nitrogen and oxygen atoms in total. The Bertz CT molecular complexity index is 675. The van der Waals surface area contributed by atoms with Gasteiger partial charge in [-0.15, -0.1) is 0 Å². The number of aliphatic carboxylic acids is 1. The highest BCUT2D eigenvalue weighted by molar-refractivity contribution is 5.94. The van der Waals surface area contributed by atoms with Crippen LogP contribution in [-0.4, -0.2) is 34.5 Å². The lowest BCUT2D eigenvalue weighted by Crippen LogP contribution is -2.37. The van der Waals surface area contributed by atoms with Crippen molar-refractivity contribution in [2.24, 2.45) is 0 Å². The van der Waals surface area contributed by atoms with Crippen LogP contribution in [0, 0.1) is 0 Å². The lowest BCUT2D eigenvalue weighted by molar-refractivity contribution is -0.137. The van der Waals surface area contributed by atoms with Gasteiger partial charge in [0, 0.05) is 12.1 Å². The third-order valence-corrected chi connectivity index (χ3v) is 3.31. The molecule has 1 fully saturated rings. The van der Waals surface area contributed by atoms with Gasteiger partial charge in [-0.2, -0.15) is 0 Å². The van der Waals surface area contributed by atoms with Crippen molar-refractivity contribution in [1.29, 1.82) is 0 Å². The molecule has 0 atom stereocenters. The summed E-state index contributed by atoms with van der Waals surface area (Å²) >= 11 is 0. The minimum atomic E-state index is -1.03. The van der Waals surface area contributed by atoms with Gasteiger partial charge in [0.05, 0.1) is 0 Å². The molecule has 0 saturated heterocycles. The first-order valence-electron chi connectivity index (χ1n) is 6.99.